The van der Waals surface area contributed by atoms with Gasteiger partial charge in [-0.15, -0.1) is 0 Å². The molecule has 6 nitrogen and oxygen atoms in total. The molecule has 27 heavy (non-hydrogen) atoms. The molecule has 0 spiro atoms. The van der Waals surface area contributed by atoms with Crippen molar-refractivity contribution >= 4 is 39.0 Å². The second kappa shape index (κ2) is 8.54. The SMILES string of the molecule is CCc1ccc(NC(=O)[C@H](C)OC(=O)c2cc(S(C)(=O)=O)ccc2Cl)cc1. The summed E-state index contributed by atoms with van der Waals surface area (Å²) in [5.41, 5.74) is 1.59. The fourth-order valence-corrected chi connectivity index (χ4v) is 3.08. The molecule has 2 rings (SSSR count). The van der Waals surface area contributed by atoms with Crippen LogP contribution in [0.1, 0.15) is 29.8 Å². The van der Waals surface area contributed by atoms with Gasteiger partial charge in [0.05, 0.1) is 15.5 Å². The molecule has 2 aromatic rings. The summed E-state index contributed by atoms with van der Waals surface area (Å²) >= 11 is 5.97. The van der Waals surface area contributed by atoms with Crippen molar-refractivity contribution in [3.05, 3.63) is 58.6 Å². The van der Waals surface area contributed by atoms with Crippen molar-refractivity contribution in [2.75, 3.05) is 11.6 Å². The minimum atomic E-state index is -3.51. The van der Waals surface area contributed by atoms with Crippen LogP contribution in [-0.4, -0.2) is 32.7 Å². The van der Waals surface area contributed by atoms with Gasteiger partial charge in [-0.2, -0.15) is 0 Å². The summed E-state index contributed by atoms with van der Waals surface area (Å²) in [6, 6.07) is 11.0. The molecule has 2 aromatic carbocycles. The molecule has 1 N–H and O–H groups in total. The summed E-state index contributed by atoms with van der Waals surface area (Å²) in [5, 5.41) is 2.69. The zero-order valence-electron chi connectivity index (χ0n) is 15.2. The standard InChI is InChI=1S/C19H20ClNO5S/c1-4-13-5-7-14(8-6-13)21-18(22)12(2)26-19(23)16-11-15(27(3,24)25)9-10-17(16)20/h5-12H,4H2,1-3H3,(H,21,22)/t12-/m0/s1. The van der Waals surface area contributed by atoms with Gasteiger partial charge in [-0.3, -0.25) is 4.79 Å². The average molecular weight is 410 g/mol. The van der Waals surface area contributed by atoms with Gasteiger partial charge < -0.3 is 10.1 Å². The molecule has 0 aliphatic rings. The molecule has 0 fully saturated rings. The number of ether oxygens (including phenoxy) is 1. The third kappa shape index (κ3) is 5.55. The first-order valence-electron chi connectivity index (χ1n) is 8.22. The van der Waals surface area contributed by atoms with Crippen molar-refractivity contribution in [3.8, 4) is 0 Å². The number of hydrogen-bond donors (Lipinski definition) is 1. The lowest BCUT2D eigenvalue weighted by molar-refractivity contribution is -0.123. The van der Waals surface area contributed by atoms with E-state index in [0.29, 0.717) is 5.69 Å². The summed E-state index contributed by atoms with van der Waals surface area (Å²) in [4.78, 5) is 24.5. The normalized spacial score (nSPS) is 12.3. The first-order chi connectivity index (χ1) is 12.6. The minimum Gasteiger partial charge on any atom is -0.449 e. The Hall–Kier alpha value is -2.38. The minimum absolute atomic E-state index is 0.0372. The Kier molecular flexibility index (Phi) is 6.62. The third-order valence-corrected chi connectivity index (χ3v) is 5.31. The van der Waals surface area contributed by atoms with Crippen molar-refractivity contribution in [1.29, 1.82) is 0 Å². The molecule has 0 saturated heterocycles. The maximum Gasteiger partial charge on any atom is 0.340 e. The molecule has 144 valence electrons. The van der Waals surface area contributed by atoms with Crippen LogP contribution >= 0.6 is 11.6 Å². The molecule has 0 saturated carbocycles. The van der Waals surface area contributed by atoms with E-state index >= 15 is 0 Å². The van der Waals surface area contributed by atoms with E-state index in [1.165, 1.54) is 19.1 Å². The molecule has 0 radical (unpaired) electrons. The van der Waals surface area contributed by atoms with Crippen LogP contribution in [0, 0.1) is 0 Å². The molecule has 0 heterocycles. The Morgan fingerprint density at radius 2 is 1.78 bits per heavy atom. The van der Waals surface area contributed by atoms with Crippen LogP contribution in [0.5, 0.6) is 0 Å². The van der Waals surface area contributed by atoms with Crippen LogP contribution in [0.4, 0.5) is 5.69 Å². The number of esters is 1. The van der Waals surface area contributed by atoms with E-state index < -0.39 is 27.8 Å². The maximum absolute atomic E-state index is 12.3. The summed E-state index contributed by atoms with van der Waals surface area (Å²) < 4.78 is 28.4. The second-order valence-corrected chi connectivity index (χ2v) is 8.42. The highest BCUT2D eigenvalue weighted by atomic mass is 35.5. The molecule has 0 aliphatic carbocycles. The van der Waals surface area contributed by atoms with E-state index in [1.54, 1.807) is 12.1 Å². The summed E-state index contributed by atoms with van der Waals surface area (Å²) in [6.45, 7) is 3.45. The zero-order valence-corrected chi connectivity index (χ0v) is 16.7. The zero-order chi connectivity index (χ0) is 20.2. The maximum atomic E-state index is 12.3. The molecule has 0 bridgehead atoms. The fraction of sp³-hybridized carbons (Fsp3) is 0.263. The monoisotopic (exact) mass is 409 g/mol. The first kappa shape index (κ1) is 20.9. The van der Waals surface area contributed by atoms with Gasteiger partial charge in [-0.05, 0) is 49.2 Å². The highest BCUT2D eigenvalue weighted by molar-refractivity contribution is 7.90. The summed E-state index contributed by atoms with van der Waals surface area (Å²) in [6.07, 6.45) is 0.808. The molecule has 0 aromatic heterocycles. The highest BCUT2D eigenvalue weighted by Crippen LogP contribution is 2.22. The highest BCUT2D eigenvalue weighted by Gasteiger charge is 2.22. The molecular weight excluding hydrogens is 390 g/mol. The number of sulfone groups is 1. The third-order valence-electron chi connectivity index (χ3n) is 3.87. The van der Waals surface area contributed by atoms with Gasteiger partial charge in [0.1, 0.15) is 0 Å². The van der Waals surface area contributed by atoms with Gasteiger partial charge >= 0.3 is 5.97 Å². The Morgan fingerprint density at radius 1 is 1.15 bits per heavy atom. The lowest BCUT2D eigenvalue weighted by Crippen LogP contribution is -2.30. The van der Waals surface area contributed by atoms with Crippen molar-refractivity contribution in [2.45, 2.75) is 31.3 Å². The van der Waals surface area contributed by atoms with E-state index in [2.05, 4.69) is 5.32 Å². The number of amides is 1. The van der Waals surface area contributed by atoms with E-state index in [9.17, 15) is 18.0 Å². The molecule has 8 heteroatoms. The number of carbonyl (C=O) groups is 2. The number of rotatable bonds is 6. The van der Waals surface area contributed by atoms with Gasteiger partial charge in [0, 0.05) is 11.9 Å². The van der Waals surface area contributed by atoms with Crippen molar-refractivity contribution in [2.24, 2.45) is 0 Å². The number of hydrogen-bond acceptors (Lipinski definition) is 5. The Morgan fingerprint density at radius 3 is 2.33 bits per heavy atom. The molecule has 0 aliphatic heterocycles. The number of aryl methyl sites for hydroxylation is 1. The first-order valence-corrected chi connectivity index (χ1v) is 10.5. The van der Waals surface area contributed by atoms with Crippen LogP contribution in [0.3, 0.4) is 0 Å². The molecule has 1 atom stereocenters. The average Bonchev–Trinajstić information content (AvgIpc) is 2.61. The van der Waals surface area contributed by atoms with Crippen LogP contribution in [0.2, 0.25) is 5.02 Å². The van der Waals surface area contributed by atoms with E-state index in [4.69, 9.17) is 16.3 Å². The lowest BCUT2D eigenvalue weighted by atomic mass is 10.1. The van der Waals surface area contributed by atoms with Crippen LogP contribution < -0.4 is 5.32 Å². The quantitative estimate of drug-likeness (QED) is 0.737. The van der Waals surface area contributed by atoms with E-state index in [-0.39, 0.29) is 15.5 Å². The number of halogens is 1. The Balaban J connectivity index is 2.09. The van der Waals surface area contributed by atoms with Crippen molar-refractivity contribution in [3.63, 3.8) is 0 Å². The topological polar surface area (TPSA) is 89.5 Å². The van der Waals surface area contributed by atoms with Gasteiger partial charge in [0.15, 0.2) is 15.9 Å². The summed E-state index contributed by atoms with van der Waals surface area (Å²) in [5.74, 6) is -1.39. The number of carbonyl (C=O) groups excluding carboxylic acids is 2. The van der Waals surface area contributed by atoms with E-state index in [0.717, 1.165) is 24.3 Å². The van der Waals surface area contributed by atoms with Gasteiger partial charge in [-0.1, -0.05) is 30.7 Å². The summed E-state index contributed by atoms with van der Waals surface area (Å²) in [7, 11) is -3.51. The van der Waals surface area contributed by atoms with Gasteiger partial charge in [-0.25, -0.2) is 13.2 Å². The number of benzene rings is 2. The number of anilines is 1. The van der Waals surface area contributed by atoms with E-state index in [1.807, 2.05) is 19.1 Å². The smallest absolute Gasteiger partial charge is 0.340 e. The largest absolute Gasteiger partial charge is 0.449 e. The van der Waals surface area contributed by atoms with Crippen molar-refractivity contribution < 1.29 is 22.7 Å². The predicted octanol–water partition coefficient (Wildman–Crippen LogP) is 3.49. The Bertz CT molecular complexity index is 955. The molecule has 0 unspecified atom stereocenters. The van der Waals surface area contributed by atoms with Crippen LogP contribution in [0.25, 0.3) is 0 Å². The van der Waals surface area contributed by atoms with Crippen LogP contribution in [-0.2, 0) is 25.8 Å². The second-order valence-electron chi connectivity index (χ2n) is 6.00. The number of nitrogens with one attached hydrogen (secondary N) is 1. The fourth-order valence-electron chi connectivity index (χ4n) is 2.24. The lowest BCUT2D eigenvalue weighted by Gasteiger charge is -2.14. The van der Waals surface area contributed by atoms with Crippen molar-refractivity contribution in [1.82, 2.24) is 0 Å². The van der Waals surface area contributed by atoms with Gasteiger partial charge in [0.25, 0.3) is 5.91 Å². The van der Waals surface area contributed by atoms with Crippen LogP contribution in [0.15, 0.2) is 47.4 Å². The Labute approximate surface area is 163 Å². The predicted molar refractivity (Wildman–Crippen MR) is 104 cm³/mol. The molecule has 1 amide bonds. The van der Waals surface area contributed by atoms with Gasteiger partial charge in [0.2, 0.25) is 0 Å². The molecular formula is C19H20ClNO5S.